The minimum Gasteiger partial charge on any atom is -0.506 e. The van der Waals surface area contributed by atoms with E-state index in [0.29, 0.717) is 13.0 Å². The Hall–Kier alpha value is -2.08. The van der Waals surface area contributed by atoms with Gasteiger partial charge in [-0.25, -0.2) is 14.1 Å². The highest BCUT2D eigenvalue weighted by Crippen LogP contribution is 2.36. The average Bonchev–Trinajstić information content (AvgIpc) is 2.68. The maximum absolute atomic E-state index is 13.9. The Morgan fingerprint density at radius 2 is 2.05 bits per heavy atom. The van der Waals surface area contributed by atoms with E-state index in [2.05, 4.69) is 0 Å². The van der Waals surface area contributed by atoms with Crippen LogP contribution in [-0.2, 0) is 4.79 Å². The highest BCUT2D eigenvalue weighted by molar-refractivity contribution is 6.32. The second kappa shape index (κ2) is 4.49. The van der Waals surface area contributed by atoms with Crippen LogP contribution in [0.25, 0.3) is 0 Å². The molecule has 0 atom stereocenters. The first kappa shape index (κ1) is 12.9. The van der Waals surface area contributed by atoms with Gasteiger partial charge in [0.2, 0.25) is 0 Å². The number of halogens is 2. The van der Waals surface area contributed by atoms with Crippen molar-refractivity contribution in [1.29, 1.82) is 0 Å². The van der Waals surface area contributed by atoms with Gasteiger partial charge in [0.1, 0.15) is 17.3 Å². The zero-order valence-corrected chi connectivity index (χ0v) is 11.0. The van der Waals surface area contributed by atoms with E-state index in [1.165, 1.54) is 4.90 Å². The molecule has 0 aliphatic carbocycles. The van der Waals surface area contributed by atoms with Gasteiger partial charge in [0.15, 0.2) is 0 Å². The molecule has 1 fully saturated rings. The summed E-state index contributed by atoms with van der Waals surface area (Å²) in [6.45, 7) is 0.425. The molecule has 2 heterocycles. The van der Waals surface area contributed by atoms with Gasteiger partial charge in [-0.15, -0.1) is 0 Å². The Morgan fingerprint density at radius 1 is 1.30 bits per heavy atom. The van der Waals surface area contributed by atoms with Crippen LogP contribution in [0.2, 0.25) is 5.02 Å². The first-order valence-corrected chi connectivity index (χ1v) is 6.42. The summed E-state index contributed by atoms with van der Waals surface area (Å²) in [4.78, 5) is 26.5. The number of nitrogens with zero attached hydrogens (tertiary/aromatic N) is 2. The molecule has 0 radical (unpaired) electrons. The minimum atomic E-state index is -0.838. The Morgan fingerprint density at radius 3 is 2.75 bits per heavy atom. The lowest BCUT2D eigenvalue weighted by Gasteiger charge is -2.19. The van der Waals surface area contributed by atoms with E-state index in [0.717, 1.165) is 23.5 Å². The van der Waals surface area contributed by atoms with Gasteiger partial charge in [0.05, 0.1) is 10.7 Å². The lowest BCUT2D eigenvalue weighted by molar-refractivity contribution is -0.114. The second-order valence-electron chi connectivity index (χ2n) is 4.56. The van der Waals surface area contributed by atoms with Crippen LogP contribution in [0.1, 0.15) is 12.8 Å². The Balaban J connectivity index is 2.09. The number of hydrogen-bond donors (Lipinski definition) is 1. The van der Waals surface area contributed by atoms with Crippen molar-refractivity contribution in [2.75, 3.05) is 11.4 Å². The molecule has 1 N–H and O–H groups in total. The summed E-state index contributed by atoms with van der Waals surface area (Å²) in [5.41, 5.74) is -0.0349. The van der Waals surface area contributed by atoms with Gasteiger partial charge in [0, 0.05) is 12.6 Å². The van der Waals surface area contributed by atoms with E-state index in [-0.39, 0.29) is 22.2 Å². The normalized spacial score (nSPS) is 18.4. The number of carbonyl (C=O) groups is 2. The third kappa shape index (κ3) is 1.76. The van der Waals surface area contributed by atoms with Gasteiger partial charge < -0.3 is 5.11 Å². The van der Waals surface area contributed by atoms with Crippen LogP contribution < -0.4 is 4.90 Å². The molecule has 0 aromatic heterocycles. The van der Waals surface area contributed by atoms with Crippen molar-refractivity contribution in [3.63, 3.8) is 0 Å². The Kier molecular flexibility index (Phi) is 2.90. The summed E-state index contributed by atoms with van der Waals surface area (Å²) in [6.07, 6.45) is 3.12. The zero-order valence-electron chi connectivity index (χ0n) is 10.3. The number of benzene rings is 1. The number of carbonyl (C=O) groups excluding carboxylic acids is 2. The van der Waals surface area contributed by atoms with Gasteiger partial charge in [-0.2, -0.15) is 0 Å². The van der Waals surface area contributed by atoms with Crippen LogP contribution in [0.15, 0.2) is 23.9 Å². The van der Waals surface area contributed by atoms with Crippen molar-refractivity contribution in [2.24, 2.45) is 0 Å². The first-order chi connectivity index (χ1) is 9.50. The zero-order chi connectivity index (χ0) is 14.4. The molecule has 1 saturated heterocycles. The van der Waals surface area contributed by atoms with Crippen molar-refractivity contribution >= 4 is 29.2 Å². The maximum atomic E-state index is 13.9. The molecular weight excluding hydrogens is 287 g/mol. The molecule has 7 heteroatoms. The molecule has 0 bridgehead atoms. The number of amides is 3. The molecular formula is C13H10ClFN2O3. The summed E-state index contributed by atoms with van der Waals surface area (Å²) in [7, 11) is 0. The molecule has 2 aliphatic rings. The minimum absolute atomic E-state index is 0.178. The molecule has 104 valence electrons. The first-order valence-electron chi connectivity index (χ1n) is 6.05. The second-order valence-corrected chi connectivity index (χ2v) is 4.97. The third-order valence-electron chi connectivity index (χ3n) is 3.32. The topological polar surface area (TPSA) is 60.9 Å². The lowest BCUT2D eigenvalue weighted by atomic mass is 10.2. The molecule has 0 spiro atoms. The SMILES string of the molecule is O=C1C2=CCCCN2C(=O)N1c1cc(O)c(Cl)cc1F. The highest BCUT2D eigenvalue weighted by atomic mass is 35.5. The largest absolute Gasteiger partial charge is 0.506 e. The maximum Gasteiger partial charge on any atom is 0.336 e. The van der Waals surface area contributed by atoms with Crippen LogP contribution in [-0.4, -0.2) is 28.5 Å². The van der Waals surface area contributed by atoms with E-state index >= 15 is 0 Å². The van der Waals surface area contributed by atoms with Crippen molar-refractivity contribution in [2.45, 2.75) is 12.8 Å². The van der Waals surface area contributed by atoms with Gasteiger partial charge in [-0.1, -0.05) is 17.7 Å². The fourth-order valence-electron chi connectivity index (χ4n) is 2.35. The highest BCUT2D eigenvalue weighted by Gasteiger charge is 2.43. The number of hydrogen-bond acceptors (Lipinski definition) is 3. The van der Waals surface area contributed by atoms with Gasteiger partial charge in [-0.05, 0) is 18.9 Å². The summed E-state index contributed by atoms with van der Waals surface area (Å²) in [6, 6.07) is 1.24. The molecule has 5 nitrogen and oxygen atoms in total. The number of phenols is 1. The number of phenolic OH excluding ortho intramolecular Hbond substituents is 1. The smallest absolute Gasteiger partial charge is 0.336 e. The number of imide groups is 1. The van der Waals surface area contributed by atoms with Crippen LogP contribution in [0, 0.1) is 5.82 Å². The van der Waals surface area contributed by atoms with Gasteiger partial charge in [-0.3, -0.25) is 9.69 Å². The van der Waals surface area contributed by atoms with Gasteiger partial charge >= 0.3 is 6.03 Å². The molecule has 0 saturated carbocycles. The summed E-state index contributed by atoms with van der Waals surface area (Å²) in [5, 5.41) is 9.36. The molecule has 3 rings (SSSR count). The molecule has 1 aromatic carbocycles. The van der Waals surface area contributed by atoms with E-state index < -0.39 is 17.8 Å². The van der Waals surface area contributed by atoms with E-state index in [1.54, 1.807) is 6.08 Å². The Labute approximate surface area is 118 Å². The van der Waals surface area contributed by atoms with Crippen LogP contribution in [0.5, 0.6) is 5.75 Å². The van der Waals surface area contributed by atoms with Crippen molar-refractivity contribution < 1.29 is 19.1 Å². The standard InChI is InChI=1S/C13H10ClFN2O3/c14-7-5-8(15)10(6-11(7)18)17-12(19)9-3-1-2-4-16(9)13(17)20/h3,5-6,18H,1-2,4H2. The monoisotopic (exact) mass is 296 g/mol. The average molecular weight is 297 g/mol. The predicted molar refractivity (Wildman–Crippen MR) is 70.0 cm³/mol. The molecule has 0 unspecified atom stereocenters. The van der Waals surface area contributed by atoms with Crippen molar-refractivity contribution in [3.05, 3.63) is 34.7 Å². The number of rotatable bonds is 1. The van der Waals surface area contributed by atoms with Crippen molar-refractivity contribution in [1.82, 2.24) is 4.90 Å². The van der Waals surface area contributed by atoms with E-state index in [4.69, 9.17) is 11.6 Å². The summed E-state index contributed by atoms with van der Waals surface area (Å²) >= 11 is 5.59. The lowest BCUT2D eigenvalue weighted by Crippen LogP contribution is -2.34. The quantitative estimate of drug-likeness (QED) is 0.810. The molecule has 20 heavy (non-hydrogen) atoms. The summed E-state index contributed by atoms with van der Waals surface area (Å²) in [5.74, 6) is -1.81. The number of anilines is 1. The summed E-state index contributed by atoms with van der Waals surface area (Å²) < 4.78 is 13.9. The van der Waals surface area contributed by atoms with Gasteiger partial charge in [0.25, 0.3) is 5.91 Å². The van der Waals surface area contributed by atoms with Crippen LogP contribution in [0.3, 0.4) is 0 Å². The number of aromatic hydroxyl groups is 1. The molecule has 3 amide bonds. The van der Waals surface area contributed by atoms with E-state index in [1.807, 2.05) is 0 Å². The number of allylic oxidation sites excluding steroid dienone is 1. The fourth-order valence-corrected chi connectivity index (χ4v) is 2.50. The molecule has 1 aromatic rings. The van der Waals surface area contributed by atoms with Crippen LogP contribution in [0.4, 0.5) is 14.9 Å². The fraction of sp³-hybridized carbons (Fsp3) is 0.231. The van der Waals surface area contributed by atoms with Crippen LogP contribution >= 0.6 is 11.6 Å². The third-order valence-corrected chi connectivity index (χ3v) is 3.62. The Bertz CT molecular complexity index is 659. The van der Waals surface area contributed by atoms with Crippen molar-refractivity contribution in [3.8, 4) is 5.75 Å². The molecule has 2 aliphatic heterocycles. The van der Waals surface area contributed by atoms with E-state index in [9.17, 15) is 19.1 Å². The number of fused-ring (bicyclic) bond motifs is 1. The predicted octanol–water partition coefficient (Wildman–Crippen LogP) is 2.63. The number of urea groups is 1.